The Labute approximate surface area is 192 Å². The van der Waals surface area contributed by atoms with Crippen molar-refractivity contribution in [2.24, 2.45) is 0 Å². The van der Waals surface area contributed by atoms with Crippen molar-refractivity contribution in [2.45, 2.75) is 26.4 Å². The van der Waals surface area contributed by atoms with Crippen LogP contribution in [0.5, 0.6) is 0 Å². The predicted octanol–water partition coefficient (Wildman–Crippen LogP) is 4.13. The van der Waals surface area contributed by atoms with E-state index in [9.17, 15) is 9.59 Å². The van der Waals surface area contributed by atoms with Crippen LogP contribution in [0.3, 0.4) is 0 Å². The molecule has 0 spiro atoms. The Morgan fingerprint density at radius 3 is 2.53 bits per heavy atom. The zero-order valence-electron chi connectivity index (χ0n) is 18.3. The Bertz CT molecular complexity index is 1150. The number of imide groups is 1. The van der Waals surface area contributed by atoms with Gasteiger partial charge in [0.05, 0.1) is 22.9 Å². The molecule has 0 bridgehead atoms. The number of nitrogens with zero attached hydrogens (tertiary/aromatic N) is 4. The highest BCUT2D eigenvalue weighted by Crippen LogP contribution is 2.37. The minimum Gasteiger partial charge on any atom is -0.368 e. The number of anilines is 1. The average molecular weight is 447 g/mol. The minimum absolute atomic E-state index is 0.217. The molecular formula is C25H26N4O2S. The van der Waals surface area contributed by atoms with E-state index < -0.39 is 0 Å². The van der Waals surface area contributed by atoms with Crippen LogP contribution >= 0.6 is 11.3 Å². The SMILES string of the molecule is Cc1cccc(CN2CCN(c3cccc4c3C(=O)N([C@H](C)c3nccs3)C4=O)CC2)c1. The lowest BCUT2D eigenvalue weighted by molar-refractivity contribution is 0.0595. The molecule has 7 heteroatoms. The van der Waals surface area contributed by atoms with Crippen molar-refractivity contribution < 1.29 is 9.59 Å². The molecule has 3 heterocycles. The van der Waals surface area contributed by atoms with E-state index in [1.807, 2.05) is 24.4 Å². The molecule has 2 aliphatic rings. The van der Waals surface area contributed by atoms with Gasteiger partial charge in [0, 0.05) is 44.3 Å². The van der Waals surface area contributed by atoms with Gasteiger partial charge in [-0.05, 0) is 31.5 Å². The summed E-state index contributed by atoms with van der Waals surface area (Å²) in [5, 5.41) is 2.64. The molecule has 2 amide bonds. The van der Waals surface area contributed by atoms with Crippen LogP contribution in [0.15, 0.2) is 54.0 Å². The van der Waals surface area contributed by atoms with Gasteiger partial charge in [0.1, 0.15) is 5.01 Å². The molecule has 3 aromatic rings. The summed E-state index contributed by atoms with van der Waals surface area (Å²) >= 11 is 1.46. The van der Waals surface area contributed by atoms with Gasteiger partial charge in [-0.25, -0.2) is 4.98 Å². The molecule has 0 N–H and O–H groups in total. The Balaban J connectivity index is 1.33. The first kappa shape index (κ1) is 20.8. The largest absolute Gasteiger partial charge is 0.368 e. The van der Waals surface area contributed by atoms with Crippen molar-refractivity contribution in [2.75, 3.05) is 31.1 Å². The number of thiazole rings is 1. The lowest BCUT2D eigenvalue weighted by Crippen LogP contribution is -2.46. The standard InChI is InChI=1S/C25H26N4O2S/c1-17-5-3-6-19(15-17)16-27-10-12-28(13-11-27)21-8-4-7-20-22(21)25(31)29(24(20)30)18(2)23-26-9-14-32-23/h3-9,14-15,18H,10-13,16H2,1-2H3/t18-/m1/s1. The topological polar surface area (TPSA) is 56.8 Å². The van der Waals surface area contributed by atoms with E-state index in [1.165, 1.54) is 27.4 Å². The first-order chi connectivity index (χ1) is 15.5. The molecule has 32 heavy (non-hydrogen) atoms. The summed E-state index contributed by atoms with van der Waals surface area (Å²) < 4.78 is 0. The van der Waals surface area contributed by atoms with Gasteiger partial charge in [0.15, 0.2) is 0 Å². The smallest absolute Gasteiger partial charge is 0.264 e. The summed E-state index contributed by atoms with van der Waals surface area (Å²) in [4.78, 5) is 36.9. The Kier molecular flexibility index (Phi) is 5.53. The lowest BCUT2D eigenvalue weighted by Gasteiger charge is -2.36. The molecule has 164 valence electrons. The zero-order valence-corrected chi connectivity index (χ0v) is 19.1. The monoisotopic (exact) mass is 446 g/mol. The van der Waals surface area contributed by atoms with Crippen molar-refractivity contribution in [3.8, 4) is 0 Å². The number of rotatable bonds is 5. The summed E-state index contributed by atoms with van der Waals surface area (Å²) in [6.07, 6.45) is 1.70. The van der Waals surface area contributed by atoms with Crippen molar-refractivity contribution in [3.05, 3.63) is 81.3 Å². The molecule has 6 nitrogen and oxygen atoms in total. The Hall–Kier alpha value is -3.03. The molecule has 1 saturated heterocycles. The third-order valence-electron chi connectivity index (χ3n) is 6.32. The van der Waals surface area contributed by atoms with Crippen molar-refractivity contribution in [1.29, 1.82) is 0 Å². The highest BCUT2D eigenvalue weighted by Gasteiger charge is 2.42. The fraction of sp³-hybridized carbons (Fsp3) is 0.320. The van der Waals surface area contributed by atoms with Gasteiger partial charge in [-0.3, -0.25) is 19.4 Å². The number of aromatic nitrogens is 1. The molecule has 1 atom stereocenters. The average Bonchev–Trinajstić information content (AvgIpc) is 3.42. The molecule has 0 saturated carbocycles. The minimum atomic E-state index is -0.374. The fourth-order valence-corrected chi connectivity index (χ4v) is 5.35. The Morgan fingerprint density at radius 1 is 1.03 bits per heavy atom. The highest BCUT2D eigenvalue weighted by atomic mass is 32.1. The quantitative estimate of drug-likeness (QED) is 0.552. The van der Waals surface area contributed by atoms with Gasteiger partial charge >= 0.3 is 0 Å². The second-order valence-electron chi connectivity index (χ2n) is 8.48. The maximum Gasteiger partial charge on any atom is 0.264 e. The molecule has 2 aliphatic heterocycles. The van der Waals surface area contributed by atoms with Gasteiger partial charge < -0.3 is 4.90 Å². The van der Waals surface area contributed by atoms with Crippen LogP contribution in [0.1, 0.15) is 49.8 Å². The van der Waals surface area contributed by atoms with Crippen LogP contribution in [-0.4, -0.2) is 52.8 Å². The van der Waals surface area contributed by atoms with E-state index in [2.05, 4.69) is 46.0 Å². The van der Waals surface area contributed by atoms with E-state index in [1.54, 1.807) is 12.3 Å². The predicted molar refractivity (Wildman–Crippen MR) is 126 cm³/mol. The number of carbonyl (C=O) groups is 2. The number of hydrogen-bond acceptors (Lipinski definition) is 6. The first-order valence-electron chi connectivity index (χ1n) is 11.0. The van der Waals surface area contributed by atoms with Gasteiger partial charge in [0.2, 0.25) is 0 Å². The summed E-state index contributed by atoms with van der Waals surface area (Å²) in [6, 6.07) is 13.9. The highest BCUT2D eigenvalue weighted by molar-refractivity contribution is 7.09. The number of piperazine rings is 1. The molecular weight excluding hydrogens is 420 g/mol. The summed E-state index contributed by atoms with van der Waals surface area (Å²) in [5.74, 6) is -0.446. The summed E-state index contributed by atoms with van der Waals surface area (Å²) in [7, 11) is 0. The second kappa shape index (κ2) is 8.48. The summed E-state index contributed by atoms with van der Waals surface area (Å²) in [5.41, 5.74) is 4.50. The number of benzene rings is 2. The number of fused-ring (bicyclic) bond motifs is 1. The second-order valence-corrected chi connectivity index (χ2v) is 9.40. The summed E-state index contributed by atoms with van der Waals surface area (Å²) in [6.45, 7) is 8.40. The van der Waals surface area contributed by atoms with Crippen LogP contribution < -0.4 is 4.90 Å². The molecule has 0 aliphatic carbocycles. The number of aryl methyl sites for hydroxylation is 1. The van der Waals surface area contributed by atoms with Gasteiger partial charge in [-0.1, -0.05) is 35.9 Å². The molecule has 0 unspecified atom stereocenters. The molecule has 2 aromatic carbocycles. The normalized spacial score (nSPS) is 17.7. The lowest BCUT2D eigenvalue weighted by atomic mass is 10.1. The van der Waals surface area contributed by atoms with E-state index in [-0.39, 0.29) is 17.9 Å². The van der Waals surface area contributed by atoms with E-state index in [0.717, 1.165) is 43.4 Å². The van der Waals surface area contributed by atoms with Gasteiger partial charge in [-0.15, -0.1) is 11.3 Å². The fourth-order valence-electron chi connectivity index (χ4n) is 4.67. The zero-order chi connectivity index (χ0) is 22.2. The molecule has 1 fully saturated rings. The molecule has 1 aromatic heterocycles. The van der Waals surface area contributed by atoms with E-state index >= 15 is 0 Å². The molecule has 5 rings (SSSR count). The van der Waals surface area contributed by atoms with Crippen LogP contribution in [0.4, 0.5) is 5.69 Å². The van der Waals surface area contributed by atoms with E-state index in [0.29, 0.717) is 11.1 Å². The maximum atomic E-state index is 13.4. The van der Waals surface area contributed by atoms with E-state index in [4.69, 9.17) is 0 Å². The third-order valence-corrected chi connectivity index (χ3v) is 7.27. The van der Waals surface area contributed by atoms with Crippen molar-refractivity contribution in [3.63, 3.8) is 0 Å². The first-order valence-corrected chi connectivity index (χ1v) is 11.8. The van der Waals surface area contributed by atoms with Gasteiger partial charge in [0.25, 0.3) is 11.8 Å². The van der Waals surface area contributed by atoms with Crippen molar-refractivity contribution >= 4 is 28.8 Å². The number of amides is 2. The van der Waals surface area contributed by atoms with Crippen LogP contribution in [-0.2, 0) is 6.54 Å². The third kappa shape index (κ3) is 3.72. The van der Waals surface area contributed by atoms with Crippen LogP contribution in [0.2, 0.25) is 0 Å². The molecule has 0 radical (unpaired) electrons. The number of carbonyl (C=O) groups excluding carboxylic acids is 2. The number of hydrogen-bond donors (Lipinski definition) is 0. The van der Waals surface area contributed by atoms with Crippen molar-refractivity contribution in [1.82, 2.24) is 14.8 Å². The Morgan fingerprint density at radius 2 is 1.81 bits per heavy atom. The maximum absolute atomic E-state index is 13.4. The van der Waals surface area contributed by atoms with Gasteiger partial charge in [-0.2, -0.15) is 0 Å². The van der Waals surface area contributed by atoms with Crippen LogP contribution in [0, 0.1) is 6.92 Å². The van der Waals surface area contributed by atoms with Crippen LogP contribution in [0.25, 0.3) is 0 Å².